The minimum absolute atomic E-state index is 0.115. The molecule has 1 saturated carbocycles. The van der Waals surface area contributed by atoms with E-state index >= 15 is 0 Å². The summed E-state index contributed by atoms with van der Waals surface area (Å²) in [7, 11) is 1.78. The molecule has 1 unspecified atom stereocenters. The highest BCUT2D eigenvalue weighted by Gasteiger charge is 2.55. The van der Waals surface area contributed by atoms with Crippen LogP contribution in [0.3, 0.4) is 0 Å². The Balaban J connectivity index is 1.27. The lowest BCUT2D eigenvalue weighted by Crippen LogP contribution is -2.61. The van der Waals surface area contributed by atoms with Gasteiger partial charge in [-0.1, -0.05) is 36.4 Å². The van der Waals surface area contributed by atoms with E-state index in [1.807, 2.05) is 30.3 Å². The summed E-state index contributed by atoms with van der Waals surface area (Å²) in [5, 5.41) is 0. The van der Waals surface area contributed by atoms with Gasteiger partial charge in [0.15, 0.2) is 0 Å². The molecular formula is C27H34N2O3. The van der Waals surface area contributed by atoms with Crippen LogP contribution >= 0.6 is 0 Å². The Morgan fingerprint density at radius 1 is 0.938 bits per heavy atom. The molecule has 3 aliphatic rings. The fourth-order valence-electron chi connectivity index (χ4n) is 5.84. The molecule has 170 valence electrons. The quantitative estimate of drug-likeness (QED) is 0.682. The van der Waals surface area contributed by atoms with Crippen molar-refractivity contribution < 1.29 is 14.3 Å². The average Bonchev–Trinajstić information content (AvgIpc) is 3.22. The lowest BCUT2D eigenvalue weighted by atomic mass is 9.71. The summed E-state index contributed by atoms with van der Waals surface area (Å²) in [5.41, 5.74) is 1.38. The number of likely N-dealkylation sites (tertiary alicyclic amines) is 1. The van der Waals surface area contributed by atoms with Gasteiger partial charge < -0.3 is 19.3 Å². The number of nitrogens with zero attached hydrogens (tertiary/aromatic N) is 2. The van der Waals surface area contributed by atoms with Crippen molar-refractivity contribution >= 4 is 11.6 Å². The van der Waals surface area contributed by atoms with Crippen LogP contribution in [0, 0.1) is 17.3 Å². The van der Waals surface area contributed by atoms with Gasteiger partial charge in [-0.15, -0.1) is 0 Å². The zero-order valence-corrected chi connectivity index (χ0v) is 19.0. The van der Waals surface area contributed by atoms with Crippen molar-refractivity contribution in [1.29, 1.82) is 0 Å². The third kappa shape index (κ3) is 4.23. The third-order valence-electron chi connectivity index (χ3n) is 7.81. The van der Waals surface area contributed by atoms with E-state index in [0.717, 1.165) is 57.6 Å². The maximum Gasteiger partial charge on any atom is 0.225 e. The molecule has 2 saturated heterocycles. The van der Waals surface area contributed by atoms with E-state index in [1.54, 1.807) is 7.11 Å². The molecule has 2 aromatic rings. The van der Waals surface area contributed by atoms with Gasteiger partial charge in [0.1, 0.15) is 5.75 Å². The normalized spacial score (nSPS) is 26.7. The SMILES string of the molecule is COC1CCC(C(=O)N2CC(COc3ccccc3)C3(C2)CN(c2ccccc2)C3)CC1. The molecule has 2 heterocycles. The highest BCUT2D eigenvalue weighted by molar-refractivity contribution is 5.79. The fourth-order valence-corrected chi connectivity index (χ4v) is 5.84. The number of carbonyl (C=O) groups excluding carboxylic acids is 1. The maximum atomic E-state index is 13.4. The highest BCUT2D eigenvalue weighted by atomic mass is 16.5. The van der Waals surface area contributed by atoms with E-state index in [-0.39, 0.29) is 11.3 Å². The average molecular weight is 435 g/mol. The molecule has 1 spiro atoms. The molecule has 0 radical (unpaired) electrons. The van der Waals surface area contributed by atoms with Gasteiger partial charge in [-0.3, -0.25) is 4.79 Å². The van der Waals surface area contributed by atoms with Crippen molar-refractivity contribution in [2.75, 3.05) is 44.8 Å². The fraction of sp³-hybridized carbons (Fsp3) is 0.519. The Morgan fingerprint density at radius 3 is 2.25 bits per heavy atom. The molecule has 2 aromatic carbocycles. The molecule has 0 aromatic heterocycles. The van der Waals surface area contributed by atoms with Crippen LogP contribution in [0.15, 0.2) is 60.7 Å². The molecule has 1 amide bonds. The van der Waals surface area contributed by atoms with Crippen LogP contribution < -0.4 is 9.64 Å². The molecule has 5 rings (SSSR count). The number of hydrogen-bond acceptors (Lipinski definition) is 4. The first-order valence-electron chi connectivity index (χ1n) is 12.0. The van der Waals surface area contributed by atoms with Crippen LogP contribution in [-0.4, -0.2) is 56.8 Å². The van der Waals surface area contributed by atoms with E-state index in [0.29, 0.717) is 24.5 Å². The summed E-state index contributed by atoms with van der Waals surface area (Å²) in [6, 6.07) is 20.6. The predicted molar refractivity (Wildman–Crippen MR) is 126 cm³/mol. The van der Waals surface area contributed by atoms with E-state index in [9.17, 15) is 4.79 Å². The Bertz CT molecular complexity index is 890. The van der Waals surface area contributed by atoms with E-state index < -0.39 is 0 Å². The third-order valence-corrected chi connectivity index (χ3v) is 7.81. The summed E-state index contributed by atoms with van der Waals surface area (Å²) < 4.78 is 11.7. The smallest absolute Gasteiger partial charge is 0.225 e. The van der Waals surface area contributed by atoms with Crippen molar-refractivity contribution in [3.8, 4) is 5.75 Å². The molecule has 0 N–H and O–H groups in total. The van der Waals surface area contributed by atoms with Crippen LogP contribution in [0.1, 0.15) is 25.7 Å². The maximum absolute atomic E-state index is 13.4. The van der Waals surface area contributed by atoms with Crippen molar-refractivity contribution in [3.63, 3.8) is 0 Å². The standard InChI is InChI=1S/C27H34N2O3/c1-31-24-14-12-21(13-15-24)26(30)28-16-22(17-32-25-10-6-3-7-11-25)27(18-28)19-29(20-27)23-8-4-2-5-9-23/h2-11,21-22,24H,12-20H2,1H3. The molecule has 32 heavy (non-hydrogen) atoms. The summed E-state index contributed by atoms with van der Waals surface area (Å²) in [6.07, 6.45) is 4.20. The number of anilines is 1. The highest BCUT2D eigenvalue weighted by Crippen LogP contribution is 2.46. The number of amides is 1. The van der Waals surface area contributed by atoms with Gasteiger partial charge >= 0.3 is 0 Å². The Morgan fingerprint density at radius 2 is 1.59 bits per heavy atom. The van der Waals surface area contributed by atoms with Crippen molar-refractivity contribution in [1.82, 2.24) is 4.90 Å². The van der Waals surface area contributed by atoms with Gasteiger partial charge in [0.2, 0.25) is 5.91 Å². The lowest BCUT2D eigenvalue weighted by molar-refractivity contribution is -0.136. The molecular weight excluding hydrogens is 400 g/mol. The van der Waals surface area contributed by atoms with Crippen LogP contribution in [0.5, 0.6) is 5.75 Å². The lowest BCUT2D eigenvalue weighted by Gasteiger charge is -2.52. The van der Waals surface area contributed by atoms with Crippen molar-refractivity contribution in [2.24, 2.45) is 17.3 Å². The van der Waals surface area contributed by atoms with Crippen molar-refractivity contribution in [3.05, 3.63) is 60.7 Å². The minimum Gasteiger partial charge on any atom is -0.493 e. The van der Waals surface area contributed by atoms with Gasteiger partial charge in [0.05, 0.1) is 12.7 Å². The van der Waals surface area contributed by atoms with Crippen LogP contribution in [-0.2, 0) is 9.53 Å². The Kier molecular flexibility index (Phi) is 6.09. The van der Waals surface area contributed by atoms with E-state index in [2.05, 4.69) is 40.1 Å². The molecule has 3 fully saturated rings. The van der Waals surface area contributed by atoms with Crippen LogP contribution in [0.25, 0.3) is 0 Å². The molecule has 5 heteroatoms. The predicted octanol–water partition coefficient (Wildman–Crippen LogP) is 4.24. The molecule has 0 bridgehead atoms. The molecule has 2 aliphatic heterocycles. The number of para-hydroxylation sites is 2. The van der Waals surface area contributed by atoms with Gasteiger partial charge in [0, 0.05) is 56.2 Å². The number of rotatable bonds is 6. The first-order chi connectivity index (χ1) is 15.7. The number of methoxy groups -OCH3 is 1. The summed E-state index contributed by atoms with van der Waals surface area (Å²) in [6.45, 7) is 4.29. The topological polar surface area (TPSA) is 42.0 Å². The first-order valence-corrected chi connectivity index (χ1v) is 12.0. The van der Waals surface area contributed by atoms with Crippen LogP contribution in [0.4, 0.5) is 5.69 Å². The summed E-state index contributed by atoms with van der Waals surface area (Å²) >= 11 is 0. The van der Waals surface area contributed by atoms with Crippen molar-refractivity contribution in [2.45, 2.75) is 31.8 Å². The number of benzene rings is 2. The summed E-state index contributed by atoms with van der Waals surface area (Å²) in [5.74, 6) is 1.75. The monoisotopic (exact) mass is 434 g/mol. The first kappa shape index (κ1) is 21.3. The zero-order valence-electron chi connectivity index (χ0n) is 19.0. The molecule has 1 atom stereocenters. The summed E-state index contributed by atoms with van der Waals surface area (Å²) in [4.78, 5) is 18.0. The van der Waals surface area contributed by atoms with E-state index in [1.165, 1.54) is 5.69 Å². The molecule has 5 nitrogen and oxygen atoms in total. The van der Waals surface area contributed by atoms with Gasteiger partial charge in [-0.2, -0.15) is 0 Å². The largest absolute Gasteiger partial charge is 0.493 e. The molecule has 1 aliphatic carbocycles. The second-order valence-electron chi connectivity index (χ2n) is 9.80. The zero-order chi connectivity index (χ0) is 22.0. The second-order valence-corrected chi connectivity index (χ2v) is 9.80. The van der Waals surface area contributed by atoms with Gasteiger partial charge in [-0.05, 0) is 49.9 Å². The number of hydrogen-bond donors (Lipinski definition) is 0. The number of carbonyl (C=O) groups is 1. The Hall–Kier alpha value is -2.53. The van der Waals surface area contributed by atoms with E-state index in [4.69, 9.17) is 9.47 Å². The van der Waals surface area contributed by atoms with Gasteiger partial charge in [-0.25, -0.2) is 0 Å². The minimum atomic E-state index is 0.115. The van der Waals surface area contributed by atoms with Crippen LogP contribution in [0.2, 0.25) is 0 Å². The Labute approximate surface area is 191 Å². The second kappa shape index (κ2) is 9.14. The number of ether oxygens (including phenoxy) is 2. The van der Waals surface area contributed by atoms with Gasteiger partial charge in [0.25, 0.3) is 0 Å².